The number of hydrogen-bond acceptors (Lipinski definition) is 2. The van der Waals surface area contributed by atoms with Crippen molar-refractivity contribution in [3.8, 4) is 5.75 Å². The van der Waals surface area contributed by atoms with Crippen LogP contribution >= 0.6 is 0 Å². The lowest BCUT2D eigenvalue weighted by atomic mass is 10.1. The molecular weight excluding hydrogens is 230 g/mol. The van der Waals surface area contributed by atoms with Crippen molar-refractivity contribution in [2.45, 2.75) is 0 Å². The van der Waals surface area contributed by atoms with Crippen molar-refractivity contribution in [3.63, 3.8) is 0 Å². The predicted octanol–water partition coefficient (Wildman–Crippen LogP) is 2.78. The average Bonchev–Trinajstić information content (AvgIpc) is 2.74. The number of hydrogen-bond donors (Lipinski definition) is 2. The van der Waals surface area contributed by atoms with Crippen LogP contribution in [-0.2, 0) is 4.79 Å². The fourth-order valence-corrected chi connectivity index (χ4v) is 2.06. The number of carboxylic acid groups (broad SMARTS) is 1. The van der Waals surface area contributed by atoms with Gasteiger partial charge < -0.3 is 14.8 Å². The van der Waals surface area contributed by atoms with E-state index in [9.17, 15) is 4.79 Å². The van der Waals surface area contributed by atoms with Gasteiger partial charge in [0, 0.05) is 21.8 Å². The van der Waals surface area contributed by atoms with Crippen LogP contribution in [0.4, 0.5) is 0 Å². The molecule has 2 aromatic carbocycles. The summed E-state index contributed by atoms with van der Waals surface area (Å²) in [6.07, 6.45) is 0. The molecule has 0 spiro atoms. The minimum Gasteiger partial charge on any atom is -0.482 e. The molecule has 1 aromatic heterocycles. The highest BCUT2D eigenvalue weighted by molar-refractivity contribution is 6.07. The minimum atomic E-state index is -0.978. The largest absolute Gasteiger partial charge is 0.482 e. The van der Waals surface area contributed by atoms with E-state index >= 15 is 0 Å². The molecule has 0 fully saturated rings. The van der Waals surface area contributed by atoms with E-state index in [-0.39, 0.29) is 6.61 Å². The summed E-state index contributed by atoms with van der Waals surface area (Å²) >= 11 is 0. The van der Waals surface area contributed by atoms with Crippen molar-refractivity contribution in [1.82, 2.24) is 4.98 Å². The van der Waals surface area contributed by atoms with E-state index in [0.717, 1.165) is 21.8 Å². The summed E-state index contributed by atoms with van der Waals surface area (Å²) in [4.78, 5) is 13.8. The van der Waals surface area contributed by atoms with E-state index in [1.54, 1.807) is 6.07 Å². The molecule has 0 saturated carbocycles. The lowest BCUT2D eigenvalue weighted by molar-refractivity contribution is -0.139. The molecule has 0 bridgehead atoms. The van der Waals surface area contributed by atoms with Gasteiger partial charge in [0.05, 0.1) is 0 Å². The highest BCUT2D eigenvalue weighted by atomic mass is 16.5. The number of rotatable bonds is 3. The van der Waals surface area contributed by atoms with Gasteiger partial charge in [-0.15, -0.1) is 0 Å². The first-order valence-corrected chi connectivity index (χ1v) is 5.59. The van der Waals surface area contributed by atoms with Crippen molar-refractivity contribution in [3.05, 3.63) is 42.5 Å². The van der Waals surface area contributed by atoms with Gasteiger partial charge in [0.15, 0.2) is 6.61 Å². The lowest BCUT2D eigenvalue weighted by Crippen LogP contribution is -2.09. The summed E-state index contributed by atoms with van der Waals surface area (Å²) in [7, 11) is 0. The van der Waals surface area contributed by atoms with Gasteiger partial charge in [0.1, 0.15) is 5.75 Å². The van der Waals surface area contributed by atoms with E-state index in [4.69, 9.17) is 9.84 Å². The fourth-order valence-electron chi connectivity index (χ4n) is 2.06. The zero-order valence-corrected chi connectivity index (χ0v) is 9.51. The highest BCUT2D eigenvalue weighted by Gasteiger charge is 2.05. The van der Waals surface area contributed by atoms with Crippen LogP contribution in [0.15, 0.2) is 42.5 Å². The number of aromatic nitrogens is 1. The molecule has 1 heterocycles. The third-order valence-electron chi connectivity index (χ3n) is 2.84. The summed E-state index contributed by atoms with van der Waals surface area (Å²) < 4.78 is 5.18. The summed E-state index contributed by atoms with van der Waals surface area (Å²) in [6.45, 7) is -0.326. The Bertz CT molecular complexity index is 730. The Labute approximate surface area is 103 Å². The molecule has 0 aliphatic rings. The average molecular weight is 241 g/mol. The summed E-state index contributed by atoms with van der Waals surface area (Å²) in [5, 5.41) is 10.7. The first-order chi connectivity index (χ1) is 8.74. The molecule has 4 nitrogen and oxygen atoms in total. The van der Waals surface area contributed by atoms with E-state index < -0.39 is 5.97 Å². The molecule has 2 N–H and O–H groups in total. The number of nitrogens with one attached hydrogen (secondary N) is 1. The Morgan fingerprint density at radius 1 is 1.11 bits per heavy atom. The van der Waals surface area contributed by atoms with Crippen LogP contribution in [0.25, 0.3) is 21.8 Å². The second-order valence-electron chi connectivity index (χ2n) is 4.06. The molecular formula is C14H11NO3. The van der Waals surface area contributed by atoms with Crippen molar-refractivity contribution < 1.29 is 14.6 Å². The van der Waals surface area contributed by atoms with Gasteiger partial charge in [-0.1, -0.05) is 18.2 Å². The van der Waals surface area contributed by atoms with Gasteiger partial charge in [-0.05, 0) is 24.3 Å². The number of benzene rings is 2. The number of carbonyl (C=O) groups is 1. The van der Waals surface area contributed by atoms with Gasteiger partial charge in [0.2, 0.25) is 0 Å². The third kappa shape index (κ3) is 1.78. The molecule has 4 heteroatoms. The van der Waals surface area contributed by atoms with E-state index in [0.29, 0.717) is 5.75 Å². The standard InChI is InChI=1S/C14H11NO3/c16-14(17)8-18-9-5-6-13-11(7-9)10-3-1-2-4-12(10)15-13/h1-7,15H,8H2,(H,16,17). The smallest absolute Gasteiger partial charge is 0.341 e. The molecule has 0 radical (unpaired) electrons. The lowest BCUT2D eigenvalue weighted by Gasteiger charge is -2.02. The van der Waals surface area contributed by atoms with Gasteiger partial charge in [0.25, 0.3) is 0 Å². The number of H-pyrrole nitrogens is 1. The van der Waals surface area contributed by atoms with Crippen LogP contribution in [0.2, 0.25) is 0 Å². The van der Waals surface area contributed by atoms with Crippen molar-refractivity contribution in [2.75, 3.05) is 6.61 Å². The summed E-state index contributed by atoms with van der Waals surface area (Å²) in [5.41, 5.74) is 2.07. The Balaban J connectivity index is 2.09. The molecule has 0 saturated heterocycles. The summed E-state index contributed by atoms with van der Waals surface area (Å²) in [5.74, 6) is -0.413. The molecule has 0 unspecified atom stereocenters. The number of aromatic amines is 1. The number of carboxylic acids is 1. The Morgan fingerprint density at radius 3 is 2.72 bits per heavy atom. The second kappa shape index (κ2) is 4.07. The van der Waals surface area contributed by atoms with Crippen LogP contribution in [0.5, 0.6) is 5.75 Å². The van der Waals surface area contributed by atoms with Crippen molar-refractivity contribution in [2.24, 2.45) is 0 Å². The zero-order valence-electron chi connectivity index (χ0n) is 9.51. The zero-order chi connectivity index (χ0) is 12.5. The molecule has 90 valence electrons. The van der Waals surface area contributed by atoms with Crippen molar-refractivity contribution in [1.29, 1.82) is 0 Å². The number of para-hydroxylation sites is 1. The molecule has 3 rings (SSSR count). The quantitative estimate of drug-likeness (QED) is 0.741. The Kier molecular flexibility index (Phi) is 2.41. The third-order valence-corrected chi connectivity index (χ3v) is 2.84. The molecule has 3 aromatic rings. The maximum atomic E-state index is 10.5. The molecule has 0 aliphatic carbocycles. The van der Waals surface area contributed by atoms with Gasteiger partial charge in [-0.2, -0.15) is 0 Å². The monoisotopic (exact) mass is 241 g/mol. The predicted molar refractivity (Wildman–Crippen MR) is 68.9 cm³/mol. The van der Waals surface area contributed by atoms with Crippen LogP contribution in [-0.4, -0.2) is 22.7 Å². The van der Waals surface area contributed by atoms with Crippen LogP contribution < -0.4 is 4.74 Å². The molecule has 0 aliphatic heterocycles. The Hall–Kier alpha value is -2.49. The van der Waals surface area contributed by atoms with Gasteiger partial charge in [-0.25, -0.2) is 4.79 Å². The van der Waals surface area contributed by atoms with Crippen LogP contribution in [0.3, 0.4) is 0 Å². The van der Waals surface area contributed by atoms with E-state index in [2.05, 4.69) is 4.98 Å². The van der Waals surface area contributed by atoms with Crippen molar-refractivity contribution >= 4 is 27.8 Å². The van der Waals surface area contributed by atoms with Crippen LogP contribution in [0.1, 0.15) is 0 Å². The number of ether oxygens (including phenoxy) is 1. The molecule has 0 amide bonds. The van der Waals surface area contributed by atoms with E-state index in [1.165, 1.54) is 0 Å². The summed E-state index contributed by atoms with van der Waals surface area (Å²) in [6, 6.07) is 13.5. The Morgan fingerprint density at radius 2 is 1.89 bits per heavy atom. The topological polar surface area (TPSA) is 62.3 Å². The van der Waals surface area contributed by atoms with E-state index in [1.807, 2.05) is 36.4 Å². The highest BCUT2D eigenvalue weighted by Crippen LogP contribution is 2.28. The SMILES string of the molecule is O=C(O)COc1ccc2[nH]c3ccccc3c2c1. The second-order valence-corrected chi connectivity index (χ2v) is 4.06. The maximum Gasteiger partial charge on any atom is 0.341 e. The van der Waals surface area contributed by atoms with Gasteiger partial charge in [-0.3, -0.25) is 0 Å². The first kappa shape index (κ1) is 10.7. The molecule has 18 heavy (non-hydrogen) atoms. The minimum absolute atomic E-state index is 0.326. The normalized spacial score (nSPS) is 10.9. The fraction of sp³-hybridized carbons (Fsp3) is 0.0714. The number of fused-ring (bicyclic) bond motifs is 3. The number of aliphatic carboxylic acids is 1. The maximum absolute atomic E-state index is 10.5. The van der Waals surface area contributed by atoms with Gasteiger partial charge >= 0.3 is 5.97 Å². The first-order valence-electron chi connectivity index (χ1n) is 5.59. The van der Waals surface area contributed by atoms with Crippen LogP contribution in [0, 0.1) is 0 Å². The molecule has 0 atom stereocenters.